The molecule has 0 bridgehead atoms. The molecule has 1 heterocycles. The second kappa shape index (κ2) is 3.50. The normalized spacial score (nSPS) is 28.2. The van der Waals surface area contributed by atoms with E-state index in [9.17, 15) is 0 Å². The summed E-state index contributed by atoms with van der Waals surface area (Å²) in [4.78, 5) is 0. The zero-order valence-corrected chi connectivity index (χ0v) is 8.11. The van der Waals surface area contributed by atoms with Crippen LogP contribution in [0.25, 0.3) is 0 Å². The van der Waals surface area contributed by atoms with Crippen LogP contribution in [0.1, 0.15) is 24.8 Å². The van der Waals surface area contributed by atoms with E-state index in [-0.39, 0.29) is 0 Å². The molecule has 0 amide bonds. The van der Waals surface area contributed by atoms with Crippen LogP contribution in [-0.2, 0) is 13.5 Å². The van der Waals surface area contributed by atoms with E-state index < -0.39 is 0 Å². The quantitative estimate of drug-likeness (QED) is 0.738. The van der Waals surface area contributed by atoms with Crippen molar-refractivity contribution in [3.05, 3.63) is 18.0 Å². The van der Waals surface area contributed by atoms with Gasteiger partial charge in [-0.15, -0.1) is 0 Å². The largest absolute Gasteiger partial charge is 0.327 e. The van der Waals surface area contributed by atoms with Crippen LogP contribution in [0, 0.1) is 5.92 Å². The number of aryl methyl sites for hydroxylation is 1. The molecule has 1 aromatic heterocycles. The van der Waals surface area contributed by atoms with Crippen molar-refractivity contribution < 1.29 is 0 Å². The van der Waals surface area contributed by atoms with Gasteiger partial charge >= 0.3 is 0 Å². The van der Waals surface area contributed by atoms with Gasteiger partial charge in [0.15, 0.2) is 0 Å². The predicted octanol–water partition coefficient (Wildman–Crippen LogP) is 1.09. The molecule has 0 unspecified atom stereocenters. The zero-order chi connectivity index (χ0) is 9.26. The minimum atomic E-state index is 0.417. The van der Waals surface area contributed by atoms with Crippen LogP contribution in [0.2, 0.25) is 0 Å². The third kappa shape index (κ3) is 1.91. The van der Waals surface area contributed by atoms with E-state index >= 15 is 0 Å². The molecule has 3 heteroatoms. The van der Waals surface area contributed by atoms with Crippen LogP contribution in [0.5, 0.6) is 0 Å². The highest BCUT2D eigenvalue weighted by atomic mass is 15.2. The van der Waals surface area contributed by atoms with Crippen molar-refractivity contribution in [2.75, 3.05) is 0 Å². The van der Waals surface area contributed by atoms with Gasteiger partial charge in [-0.2, -0.15) is 5.10 Å². The smallest absolute Gasteiger partial charge is 0.0521 e. The molecule has 13 heavy (non-hydrogen) atoms. The molecule has 2 rings (SSSR count). The van der Waals surface area contributed by atoms with E-state index in [2.05, 4.69) is 11.3 Å². The highest BCUT2D eigenvalue weighted by molar-refractivity contribution is 5.06. The van der Waals surface area contributed by atoms with Crippen molar-refractivity contribution in [3.8, 4) is 0 Å². The topological polar surface area (TPSA) is 43.8 Å². The SMILES string of the molecule is Cn1cc(C[C@@H]2CCC[C@@H]2N)cn1. The van der Waals surface area contributed by atoms with Crippen LogP contribution in [0.4, 0.5) is 0 Å². The Labute approximate surface area is 78.9 Å². The number of nitrogens with zero attached hydrogens (tertiary/aromatic N) is 2. The number of hydrogen-bond donors (Lipinski definition) is 1. The van der Waals surface area contributed by atoms with E-state index in [1.165, 1.54) is 24.8 Å². The fourth-order valence-corrected chi connectivity index (χ4v) is 2.20. The van der Waals surface area contributed by atoms with Gasteiger partial charge in [-0.1, -0.05) is 6.42 Å². The summed E-state index contributed by atoms with van der Waals surface area (Å²) >= 11 is 0. The van der Waals surface area contributed by atoms with Crippen LogP contribution in [0.15, 0.2) is 12.4 Å². The predicted molar refractivity (Wildman–Crippen MR) is 52.2 cm³/mol. The van der Waals surface area contributed by atoms with Gasteiger partial charge in [0.05, 0.1) is 6.20 Å². The van der Waals surface area contributed by atoms with Crippen molar-refractivity contribution in [3.63, 3.8) is 0 Å². The van der Waals surface area contributed by atoms with Crippen LogP contribution < -0.4 is 5.73 Å². The summed E-state index contributed by atoms with van der Waals surface area (Å²) in [6.07, 6.45) is 8.93. The molecule has 0 aliphatic heterocycles. The maximum atomic E-state index is 6.01. The molecule has 1 aromatic rings. The molecule has 1 fully saturated rings. The number of nitrogens with two attached hydrogens (primary N) is 1. The second-order valence-electron chi connectivity index (χ2n) is 4.08. The molecule has 3 nitrogen and oxygen atoms in total. The van der Waals surface area contributed by atoms with Gasteiger partial charge in [0.25, 0.3) is 0 Å². The van der Waals surface area contributed by atoms with Gasteiger partial charge in [-0.05, 0) is 30.7 Å². The minimum absolute atomic E-state index is 0.417. The molecule has 2 N–H and O–H groups in total. The Morgan fingerprint density at radius 2 is 2.46 bits per heavy atom. The van der Waals surface area contributed by atoms with E-state index in [0.717, 1.165) is 6.42 Å². The fraction of sp³-hybridized carbons (Fsp3) is 0.700. The van der Waals surface area contributed by atoms with E-state index in [1.807, 2.05) is 17.9 Å². The van der Waals surface area contributed by atoms with Gasteiger partial charge < -0.3 is 5.73 Å². The monoisotopic (exact) mass is 179 g/mol. The van der Waals surface area contributed by atoms with Crippen LogP contribution in [0.3, 0.4) is 0 Å². The molecule has 1 aliphatic carbocycles. The summed E-state index contributed by atoms with van der Waals surface area (Å²) in [5, 5.41) is 4.16. The summed E-state index contributed by atoms with van der Waals surface area (Å²) in [5.74, 6) is 0.684. The Morgan fingerprint density at radius 1 is 1.62 bits per heavy atom. The standard InChI is InChI=1S/C10H17N3/c1-13-7-8(6-12-13)5-9-3-2-4-10(9)11/h6-7,9-10H,2-5,11H2,1H3/t9-,10-/m0/s1. The number of rotatable bonds is 2. The van der Waals surface area contributed by atoms with Crippen molar-refractivity contribution in [2.24, 2.45) is 18.7 Å². The van der Waals surface area contributed by atoms with E-state index in [1.54, 1.807) is 0 Å². The summed E-state index contributed by atoms with van der Waals surface area (Å²) in [5.41, 5.74) is 7.33. The van der Waals surface area contributed by atoms with Crippen molar-refractivity contribution in [1.82, 2.24) is 9.78 Å². The Kier molecular flexibility index (Phi) is 2.36. The van der Waals surface area contributed by atoms with Crippen molar-refractivity contribution in [2.45, 2.75) is 31.7 Å². The molecule has 0 aromatic carbocycles. The lowest BCUT2D eigenvalue weighted by Gasteiger charge is -2.13. The Hall–Kier alpha value is -0.830. The third-order valence-corrected chi connectivity index (χ3v) is 2.97. The molecular formula is C10H17N3. The van der Waals surface area contributed by atoms with Gasteiger partial charge in [0.2, 0.25) is 0 Å². The zero-order valence-electron chi connectivity index (χ0n) is 8.11. The van der Waals surface area contributed by atoms with Gasteiger partial charge in [-0.25, -0.2) is 0 Å². The first-order chi connectivity index (χ1) is 6.25. The fourth-order valence-electron chi connectivity index (χ4n) is 2.20. The van der Waals surface area contributed by atoms with Crippen molar-refractivity contribution in [1.29, 1.82) is 0 Å². The minimum Gasteiger partial charge on any atom is -0.327 e. The van der Waals surface area contributed by atoms with Crippen molar-refractivity contribution >= 4 is 0 Å². The van der Waals surface area contributed by atoms with Gasteiger partial charge in [-0.3, -0.25) is 4.68 Å². The van der Waals surface area contributed by atoms with Gasteiger partial charge in [0.1, 0.15) is 0 Å². The molecule has 72 valence electrons. The molecule has 2 atom stereocenters. The highest BCUT2D eigenvalue weighted by Crippen LogP contribution is 2.26. The maximum absolute atomic E-state index is 6.01. The van der Waals surface area contributed by atoms with Crippen LogP contribution in [-0.4, -0.2) is 15.8 Å². The first-order valence-electron chi connectivity index (χ1n) is 4.99. The van der Waals surface area contributed by atoms with E-state index in [0.29, 0.717) is 12.0 Å². The summed E-state index contributed by atoms with van der Waals surface area (Å²) < 4.78 is 1.86. The summed E-state index contributed by atoms with van der Waals surface area (Å²) in [7, 11) is 1.96. The Balaban J connectivity index is 1.97. The molecule has 1 aliphatic rings. The third-order valence-electron chi connectivity index (χ3n) is 2.97. The second-order valence-corrected chi connectivity index (χ2v) is 4.08. The van der Waals surface area contributed by atoms with Gasteiger partial charge in [0, 0.05) is 19.3 Å². The number of hydrogen-bond acceptors (Lipinski definition) is 2. The Morgan fingerprint density at radius 3 is 3.00 bits per heavy atom. The summed E-state index contributed by atoms with van der Waals surface area (Å²) in [6.45, 7) is 0. The lowest BCUT2D eigenvalue weighted by Crippen LogP contribution is -2.25. The lowest BCUT2D eigenvalue weighted by atomic mass is 9.97. The summed E-state index contributed by atoms with van der Waals surface area (Å²) in [6, 6.07) is 0.417. The average Bonchev–Trinajstić information content (AvgIpc) is 2.64. The van der Waals surface area contributed by atoms with Crippen LogP contribution >= 0.6 is 0 Å². The first kappa shape index (κ1) is 8.75. The molecule has 0 radical (unpaired) electrons. The molecule has 0 saturated heterocycles. The maximum Gasteiger partial charge on any atom is 0.0521 e. The average molecular weight is 179 g/mol. The molecule has 1 saturated carbocycles. The number of aromatic nitrogens is 2. The van der Waals surface area contributed by atoms with E-state index in [4.69, 9.17) is 5.73 Å². The highest BCUT2D eigenvalue weighted by Gasteiger charge is 2.24. The first-order valence-corrected chi connectivity index (χ1v) is 4.99. The lowest BCUT2D eigenvalue weighted by molar-refractivity contribution is 0.478. The molecular weight excluding hydrogens is 162 g/mol. The Bertz CT molecular complexity index is 279. The molecule has 0 spiro atoms.